The lowest BCUT2D eigenvalue weighted by Crippen LogP contribution is -2.14. The van der Waals surface area contributed by atoms with E-state index < -0.39 is 10.0 Å². The second-order valence-electron chi connectivity index (χ2n) is 5.33. The van der Waals surface area contributed by atoms with E-state index in [4.69, 9.17) is 14.2 Å². The van der Waals surface area contributed by atoms with Crippen molar-refractivity contribution in [3.05, 3.63) is 41.2 Å². The summed E-state index contributed by atoms with van der Waals surface area (Å²) < 4.78 is 47.6. The van der Waals surface area contributed by atoms with Gasteiger partial charge in [-0.1, -0.05) is 11.3 Å². The average molecular weight is 394 g/mol. The lowest BCUT2D eigenvalue weighted by molar-refractivity contribution is 0.409. The number of aromatic nitrogens is 1. The predicted octanol–water partition coefficient (Wildman–Crippen LogP) is 2.56. The van der Waals surface area contributed by atoms with E-state index in [1.54, 1.807) is 50.1 Å². The van der Waals surface area contributed by atoms with Crippen LogP contribution in [0.1, 0.15) is 0 Å². The summed E-state index contributed by atoms with van der Waals surface area (Å²) in [6.07, 6.45) is 0. The van der Waals surface area contributed by atoms with Gasteiger partial charge in [-0.2, -0.15) is 8.42 Å². The van der Waals surface area contributed by atoms with Crippen LogP contribution in [0.2, 0.25) is 0 Å². The topological polar surface area (TPSA) is 79.1 Å². The number of aryl methyl sites for hydroxylation is 1. The van der Waals surface area contributed by atoms with E-state index in [-0.39, 0.29) is 4.90 Å². The molecule has 0 radical (unpaired) electrons. The summed E-state index contributed by atoms with van der Waals surface area (Å²) >= 11 is 1.22. The maximum Gasteiger partial charge on any atom is 0.285 e. The van der Waals surface area contributed by atoms with E-state index in [0.717, 1.165) is 10.2 Å². The third-order valence-electron chi connectivity index (χ3n) is 3.87. The van der Waals surface area contributed by atoms with Crippen LogP contribution in [0.25, 0.3) is 10.2 Å². The smallest absolute Gasteiger partial charge is 0.285 e. The molecule has 2 aromatic carbocycles. The summed E-state index contributed by atoms with van der Waals surface area (Å²) in [5.74, 6) is 1.82. The first-order valence-electron chi connectivity index (χ1n) is 7.57. The Balaban J connectivity index is 2.22. The number of fused-ring (bicyclic) bond motifs is 1. The van der Waals surface area contributed by atoms with Crippen molar-refractivity contribution in [1.29, 1.82) is 0 Å². The lowest BCUT2D eigenvalue weighted by Gasteiger charge is -2.06. The number of hydrogen-bond donors (Lipinski definition) is 0. The fourth-order valence-electron chi connectivity index (χ4n) is 2.51. The van der Waals surface area contributed by atoms with E-state index in [2.05, 4.69) is 4.40 Å². The summed E-state index contributed by atoms with van der Waals surface area (Å²) in [5, 5.41) is 0. The van der Waals surface area contributed by atoms with Crippen LogP contribution in [0.5, 0.6) is 17.2 Å². The highest BCUT2D eigenvalue weighted by molar-refractivity contribution is 7.90. The molecule has 0 fully saturated rings. The molecule has 1 heterocycles. The molecule has 0 aliphatic rings. The maximum atomic E-state index is 12.7. The zero-order valence-electron chi connectivity index (χ0n) is 14.7. The fraction of sp³-hybridized carbons (Fsp3) is 0.235. The Morgan fingerprint density at radius 2 is 1.54 bits per heavy atom. The van der Waals surface area contributed by atoms with Gasteiger partial charge in [-0.3, -0.25) is 0 Å². The van der Waals surface area contributed by atoms with Gasteiger partial charge in [-0.05, 0) is 36.4 Å². The Bertz CT molecular complexity index is 1110. The molecule has 1 aromatic heterocycles. The zero-order chi connectivity index (χ0) is 18.9. The number of thiazole rings is 1. The van der Waals surface area contributed by atoms with Crippen LogP contribution in [0.4, 0.5) is 0 Å². The van der Waals surface area contributed by atoms with Gasteiger partial charge in [-0.15, -0.1) is 4.40 Å². The van der Waals surface area contributed by atoms with Crippen LogP contribution in [0.15, 0.2) is 45.7 Å². The predicted molar refractivity (Wildman–Crippen MR) is 99.6 cm³/mol. The van der Waals surface area contributed by atoms with Crippen LogP contribution < -0.4 is 19.0 Å². The monoisotopic (exact) mass is 394 g/mol. The van der Waals surface area contributed by atoms with Crippen molar-refractivity contribution in [1.82, 2.24) is 4.57 Å². The molecule has 26 heavy (non-hydrogen) atoms. The molecular weight excluding hydrogens is 376 g/mol. The molecule has 0 aliphatic carbocycles. The average Bonchev–Trinajstić information content (AvgIpc) is 2.97. The Morgan fingerprint density at radius 1 is 0.923 bits per heavy atom. The van der Waals surface area contributed by atoms with Gasteiger partial charge >= 0.3 is 0 Å². The summed E-state index contributed by atoms with van der Waals surface area (Å²) in [6, 6.07) is 9.64. The van der Waals surface area contributed by atoms with Crippen molar-refractivity contribution >= 4 is 31.6 Å². The third-order valence-corrected chi connectivity index (χ3v) is 6.41. The lowest BCUT2D eigenvalue weighted by atomic mass is 10.3. The summed E-state index contributed by atoms with van der Waals surface area (Å²) in [6.45, 7) is 0. The van der Waals surface area contributed by atoms with Gasteiger partial charge in [0.2, 0.25) is 4.80 Å². The van der Waals surface area contributed by atoms with E-state index in [0.29, 0.717) is 22.0 Å². The van der Waals surface area contributed by atoms with Gasteiger partial charge in [-0.25, -0.2) is 0 Å². The number of sulfonamides is 1. The van der Waals surface area contributed by atoms with Crippen LogP contribution in [-0.2, 0) is 17.1 Å². The largest absolute Gasteiger partial charge is 0.497 e. The van der Waals surface area contributed by atoms with Crippen molar-refractivity contribution in [3.63, 3.8) is 0 Å². The number of nitrogens with zero attached hydrogens (tertiary/aromatic N) is 2. The van der Waals surface area contributed by atoms with Gasteiger partial charge < -0.3 is 18.8 Å². The maximum absolute atomic E-state index is 12.7. The minimum absolute atomic E-state index is 0.0923. The third kappa shape index (κ3) is 3.15. The highest BCUT2D eigenvalue weighted by Crippen LogP contribution is 2.34. The molecular formula is C17H18N2O5S2. The highest BCUT2D eigenvalue weighted by Gasteiger charge is 2.17. The molecule has 0 bridgehead atoms. The molecule has 0 saturated heterocycles. The van der Waals surface area contributed by atoms with Crippen molar-refractivity contribution in [3.8, 4) is 17.2 Å². The Kier molecular flexibility index (Phi) is 4.92. The van der Waals surface area contributed by atoms with Gasteiger partial charge in [0.05, 0.1) is 26.2 Å². The van der Waals surface area contributed by atoms with Crippen molar-refractivity contribution in [2.24, 2.45) is 11.4 Å². The van der Waals surface area contributed by atoms with E-state index in [1.807, 2.05) is 0 Å². The summed E-state index contributed by atoms with van der Waals surface area (Å²) in [7, 11) is 2.51. The molecule has 0 amide bonds. The first kappa shape index (κ1) is 18.3. The SMILES string of the molecule is COc1ccc(S(=O)(=O)N=c2sc3c(OC)ccc(OC)c3n2C)cc1. The number of methoxy groups -OCH3 is 3. The van der Waals surface area contributed by atoms with Gasteiger partial charge in [0.25, 0.3) is 10.0 Å². The molecule has 0 N–H and O–H groups in total. The van der Waals surface area contributed by atoms with Crippen molar-refractivity contribution in [2.45, 2.75) is 4.90 Å². The molecule has 0 atom stereocenters. The first-order chi connectivity index (χ1) is 12.4. The second kappa shape index (κ2) is 7.00. The van der Waals surface area contributed by atoms with Gasteiger partial charge in [0.1, 0.15) is 27.5 Å². The summed E-state index contributed by atoms with van der Waals surface area (Å²) in [4.78, 5) is 0.410. The normalized spacial score (nSPS) is 12.4. The molecule has 7 nitrogen and oxygen atoms in total. The highest BCUT2D eigenvalue weighted by atomic mass is 32.2. The minimum Gasteiger partial charge on any atom is -0.497 e. The first-order valence-corrected chi connectivity index (χ1v) is 9.82. The van der Waals surface area contributed by atoms with Crippen LogP contribution in [0.3, 0.4) is 0 Å². The molecule has 138 valence electrons. The van der Waals surface area contributed by atoms with E-state index in [9.17, 15) is 8.42 Å². The number of rotatable bonds is 5. The van der Waals surface area contributed by atoms with Crippen molar-refractivity contribution < 1.29 is 22.6 Å². The Labute approximate surface area is 155 Å². The zero-order valence-corrected chi connectivity index (χ0v) is 16.3. The Hall–Kier alpha value is -2.52. The second-order valence-corrected chi connectivity index (χ2v) is 7.91. The number of benzene rings is 2. The van der Waals surface area contributed by atoms with Gasteiger partial charge in [0.15, 0.2) is 0 Å². The molecule has 0 aliphatic heterocycles. The van der Waals surface area contributed by atoms with Gasteiger partial charge in [0, 0.05) is 7.05 Å². The minimum atomic E-state index is -3.87. The van der Waals surface area contributed by atoms with Crippen LogP contribution >= 0.6 is 11.3 Å². The molecule has 0 spiro atoms. The van der Waals surface area contributed by atoms with E-state index >= 15 is 0 Å². The van der Waals surface area contributed by atoms with Crippen LogP contribution in [-0.4, -0.2) is 34.3 Å². The molecule has 9 heteroatoms. The Morgan fingerprint density at radius 3 is 2.12 bits per heavy atom. The molecule has 0 unspecified atom stereocenters. The van der Waals surface area contributed by atoms with Crippen LogP contribution in [0, 0.1) is 0 Å². The number of hydrogen-bond acceptors (Lipinski definition) is 6. The molecule has 3 rings (SSSR count). The molecule has 0 saturated carbocycles. The molecule has 3 aromatic rings. The van der Waals surface area contributed by atoms with E-state index in [1.165, 1.54) is 30.6 Å². The quantitative estimate of drug-likeness (QED) is 0.665. The van der Waals surface area contributed by atoms with Crippen molar-refractivity contribution in [2.75, 3.05) is 21.3 Å². The number of ether oxygens (including phenoxy) is 3. The standard InChI is InChI=1S/C17H18N2O5S2/c1-19-15-13(23-3)9-10-14(24-4)16(15)25-17(19)18-26(20,21)12-7-5-11(22-2)6-8-12/h5-10H,1-4H3. The summed E-state index contributed by atoms with van der Waals surface area (Å²) in [5.41, 5.74) is 0.723. The fourth-order valence-corrected chi connectivity index (χ4v) is 4.87.